The molecule has 1 aromatic carbocycles. The SMILES string of the molecule is CN(C#N)N(C)C(=O)C(Cc1ccccc1)NC(=O)c1cc(C(C)(C)C)nn1C. The van der Waals surface area contributed by atoms with Gasteiger partial charge in [0.2, 0.25) is 0 Å². The highest BCUT2D eigenvalue weighted by Crippen LogP contribution is 2.21. The molecular weight excluding hydrogens is 368 g/mol. The molecule has 2 aromatic rings. The Morgan fingerprint density at radius 1 is 1.24 bits per heavy atom. The summed E-state index contributed by atoms with van der Waals surface area (Å²) < 4.78 is 1.52. The van der Waals surface area contributed by atoms with Gasteiger partial charge in [-0.25, -0.2) is 10.0 Å². The smallest absolute Gasteiger partial charge is 0.270 e. The van der Waals surface area contributed by atoms with E-state index >= 15 is 0 Å². The van der Waals surface area contributed by atoms with Crippen molar-refractivity contribution in [1.82, 2.24) is 25.1 Å². The number of nitriles is 1. The fraction of sp³-hybridized carbons (Fsp3) is 0.429. The Bertz CT molecular complexity index is 907. The zero-order chi connectivity index (χ0) is 21.8. The standard InChI is InChI=1S/C21H28N6O2/c1-21(2,3)18-13-17(26(5)24-18)19(28)23-16(12-15-10-8-7-9-11-15)20(29)27(6)25(4)14-22/h7-11,13,16H,12H2,1-6H3,(H,23,28). The maximum absolute atomic E-state index is 13.0. The first-order valence-corrected chi connectivity index (χ1v) is 9.35. The van der Waals surface area contributed by atoms with Crippen molar-refractivity contribution in [3.8, 4) is 6.19 Å². The molecule has 0 saturated carbocycles. The van der Waals surface area contributed by atoms with Gasteiger partial charge in [-0.3, -0.25) is 14.3 Å². The number of carbonyl (C=O) groups excluding carboxylic acids is 2. The predicted octanol–water partition coefficient (Wildman–Crippen LogP) is 1.84. The molecule has 154 valence electrons. The van der Waals surface area contributed by atoms with E-state index in [1.807, 2.05) is 57.3 Å². The minimum Gasteiger partial charge on any atom is -0.338 e. The number of benzene rings is 1. The molecule has 0 spiro atoms. The van der Waals surface area contributed by atoms with E-state index in [-0.39, 0.29) is 11.3 Å². The molecule has 1 atom stereocenters. The van der Waals surface area contributed by atoms with E-state index in [1.54, 1.807) is 13.1 Å². The monoisotopic (exact) mass is 396 g/mol. The van der Waals surface area contributed by atoms with E-state index in [1.165, 1.54) is 23.8 Å². The summed E-state index contributed by atoms with van der Waals surface area (Å²) in [6.45, 7) is 6.06. The number of carbonyl (C=O) groups is 2. The van der Waals surface area contributed by atoms with Crippen molar-refractivity contribution >= 4 is 11.8 Å². The lowest BCUT2D eigenvalue weighted by molar-refractivity contribution is -0.141. The maximum atomic E-state index is 13.0. The average molecular weight is 396 g/mol. The van der Waals surface area contributed by atoms with Crippen molar-refractivity contribution in [3.63, 3.8) is 0 Å². The average Bonchev–Trinajstić information content (AvgIpc) is 3.08. The number of hydrogen-bond donors (Lipinski definition) is 1. The number of hydrazine groups is 1. The van der Waals surface area contributed by atoms with Crippen molar-refractivity contribution in [1.29, 1.82) is 5.26 Å². The van der Waals surface area contributed by atoms with Gasteiger partial charge in [-0.05, 0) is 11.6 Å². The number of aromatic nitrogens is 2. The van der Waals surface area contributed by atoms with E-state index < -0.39 is 11.9 Å². The van der Waals surface area contributed by atoms with Crippen LogP contribution >= 0.6 is 0 Å². The highest BCUT2D eigenvalue weighted by atomic mass is 16.2. The molecule has 1 unspecified atom stereocenters. The maximum Gasteiger partial charge on any atom is 0.270 e. The molecule has 0 fully saturated rings. The van der Waals surface area contributed by atoms with Gasteiger partial charge in [0, 0.05) is 33.0 Å². The van der Waals surface area contributed by atoms with Crippen molar-refractivity contribution in [3.05, 3.63) is 53.3 Å². The van der Waals surface area contributed by atoms with E-state index in [0.717, 1.165) is 16.3 Å². The van der Waals surface area contributed by atoms with Crippen LogP contribution in [0.4, 0.5) is 0 Å². The van der Waals surface area contributed by atoms with Gasteiger partial charge >= 0.3 is 0 Å². The topological polar surface area (TPSA) is 94.3 Å². The number of nitrogens with one attached hydrogen (secondary N) is 1. The van der Waals surface area contributed by atoms with Crippen molar-refractivity contribution in [2.24, 2.45) is 7.05 Å². The molecule has 1 heterocycles. The van der Waals surface area contributed by atoms with Crippen molar-refractivity contribution in [2.75, 3.05) is 14.1 Å². The van der Waals surface area contributed by atoms with Crippen LogP contribution < -0.4 is 5.32 Å². The molecule has 0 radical (unpaired) electrons. The third-order valence-corrected chi connectivity index (χ3v) is 4.68. The third-order valence-electron chi connectivity index (χ3n) is 4.68. The highest BCUT2D eigenvalue weighted by Gasteiger charge is 2.29. The summed E-state index contributed by atoms with van der Waals surface area (Å²) in [6, 6.07) is 10.3. The van der Waals surface area contributed by atoms with Crippen LogP contribution in [0.15, 0.2) is 36.4 Å². The van der Waals surface area contributed by atoms with Gasteiger partial charge in [0.15, 0.2) is 6.19 Å². The first kappa shape index (κ1) is 22.0. The zero-order valence-electron chi connectivity index (χ0n) is 17.8. The van der Waals surface area contributed by atoms with Crippen LogP contribution in [0, 0.1) is 11.5 Å². The third kappa shape index (κ3) is 5.35. The Morgan fingerprint density at radius 2 is 1.86 bits per heavy atom. The van der Waals surface area contributed by atoms with Crippen molar-refractivity contribution < 1.29 is 9.59 Å². The Kier molecular flexibility index (Phi) is 6.64. The summed E-state index contributed by atoms with van der Waals surface area (Å²) in [5.74, 6) is -0.776. The number of aryl methyl sites for hydroxylation is 1. The number of rotatable bonds is 6. The van der Waals surface area contributed by atoms with Crippen molar-refractivity contribution in [2.45, 2.75) is 38.6 Å². The van der Waals surface area contributed by atoms with Gasteiger partial charge in [-0.1, -0.05) is 51.1 Å². The summed E-state index contributed by atoms with van der Waals surface area (Å²) in [4.78, 5) is 25.9. The Morgan fingerprint density at radius 3 is 2.38 bits per heavy atom. The van der Waals surface area contributed by atoms with Crippen LogP contribution in [-0.4, -0.2) is 51.7 Å². The molecule has 0 aliphatic carbocycles. The Hall–Kier alpha value is -3.34. The normalized spacial score (nSPS) is 12.0. The van der Waals surface area contributed by atoms with Crippen LogP contribution in [0.1, 0.15) is 42.5 Å². The van der Waals surface area contributed by atoms with Crippen LogP contribution in [0.25, 0.3) is 0 Å². The lowest BCUT2D eigenvalue weighted by Crippen LogP contribution is -2.52. The van der Waals surface area contributed by atoms with Gasteiger partial charge in [-0.15, -0.1) is 0 Å². The Labute approximate surface area is 171 Å². The van der Waals surface area contributed by atoms with Crippen LogP contribution in [0.3, 0.4) is 0 Å². The van der Waals surface area contributed by atoms with Gasteiger partial charge in [-0.2, -0.15) is 10.4 Å². The molecule has 1 N–H and O–H groups in total. The zero-order valence-corrected chi connectivity index (χ0v) is 17.8. The summed E-state index contributed by atoms with van der Waals surface area (Å²) in [6.07, 6.45) is 2.19. The van der Waals surface area contributed by atoms with Gasteiger partial charge < -0.3 is 5.32 Å². The molecule has 8 nitrogen and oxygen atoms in total. The second kappa shape index (κ2) is 8.78. The lowest BCUT2D eigenvalue weighted by atomic mass is 9.92. The first-order valence-electron chi connectivity index (χ1n) is 9.35. The molecule has 2 amide bonds. The number of amides is 2. The van der Waals surface area contributed by atoms with Crippen LogP contribution in [-0.2, 0) is 23.7 Å². The lowest BCUT2D eigenvalue weighted by Gasteiger charge is -2.28. The summed E-state index contributed by atoms with van der Waals surface area (Å²) in [5.41, 5.74) is 1.86. The highest BCUT2D eigenvalue weighted by molar-refractivity contribution is 5.96. The van der Waals surface area contributed by atoms with E-state index in [0.29, 0.717) is 12.1 Å². The second-order valence-corrected chi connectivity index (χ2v) is 7.99. The molecule has 1 aromatic heterocycles. The molecule has 0 aliphatic rings. The van der Waals surface area contributed by atoms with E-state index in [4.69, 9.17) is 5.26 Å². The van der Waals surface area contributed by atoms with E-state index in [9.17, 15) is 9.59 Å². The largest absolute Gasteiger partial charge is 0.338 e. The summed E-state index contributed by atoms with van der Waals surface area (Å²) in [5, 5.41) is 18.6. The molecule has 0 aliphatic heterocycles. The quantitative estimate of drug-likeness (QED) is 0.457. The number of likely N-dealkylation sites (N-methyl/N-ethyl adjacent to an activating group) is 1. The van der Waals surface area contributed by atoms with Crippen LogP contribution in [0.5, 0.6) is 0 Å². The minimum atomic E-state index is -0.835. The van der Waals surface area contributed by atoms with Crippen LogP contribution in [0.2, 0.25) is 0 Å². The molecular formula is C21H28N6O2. The predicted molar refractivity (Wildman–Crippen MR) is 109 cm³/mol. The fourth-order valence-electron chi connectivity index (χ4n) is 2.77. The molecule has 29 heavy (non-hydrogen) atoms. The second-order valence-electron chi connectivity index (χ2n) is 7.99. The van der Waals surface area contributed by atoms with E-state index in [2.05, 4.69) is 10.4 Å². The minimum absolute atomic E-state index is 0.203. The first-order chi connectivity index (χ1) is 13.5. The van der Waals surface area contributed by atoms with Gasteiger partial charge in [0.1, 0.15) is 11.7 Å². The molecule has 8 heteroatoms. The fourth-order valence-corrected chi connectivity index (χ4v) is 2.77. The summed E-state index contributed by atoms with van der Waals surface area (Å²) >= 11 is 0. The number of nitrogens with zero attached hydrogens (tertiary/aromatic N) is 5. The number of hydrogen-bond acceptors (Lipinski definition) is 5. The van der Waals surface area contributed by atoms with Gasteiger partial charge in [0.25, 0.3) is 11.8 Å². The molecule has 2 rings (SSSR count). The summed E-state index contributed by atoms with van der Waals surface area (Å²) in [7, 11) is 4.68. The molecule has 0 saturated heterocycles. The van der Waals surface area contributed by atoms with Gasteiger partial charge in [0.05, 0.1) is 5.69 Å². The Balaban J connectivity index is 2.29. The molecule has 0 bridgehead atoms.